The van der Waals surface area contributed by atoms with Gasteiger partial charge in [0.25, 0.3) is 5.91 Å². The number of amides is 1. The van der Waals surface area contributed by atoms with Gasteiger partial charge < -0.3 is 15.2 Å². The van der Waals surface area contributed by atoms with Gasteiger partial charge in [0.2, 0.25) is 0 Å². The van der Waals surface area contributed by atoms with Crippen molar-refractivity contribution in [2.24, 2.45) is 11.1 Å². The second kappa shape index (κ2) is 6.91. The molecule has 0 aliphatic carbocycles. The molecule has 1 aromatic carbocycles. The smallest absolute Gasteiger partial charge is 0.276 e. The molecule has 1 unspecified atom stereocenters. The summed E-state index contributed by atoms with van der Waals surface area (Å²) in [5, 5.41) is 4.46. The number of nitrogens with two attached hydrogens (primary N) is 1. The first-order valence-electron chi connectivity index (χ1n) is 7.23. The Morgan fingerprint density at radius 1 is 1.48 bits per heavy atom. The van der Waals surface area contributed by atoms with Crippen molar-refractivity contribution in [1.29, 1.82) is 0 Å². The lowest BCUT2D eigenvalue weighted by Crippen LogP contribution is -2.34. The van der Waals surface area contributed by atoms with Gasteiger partial charge in [-0.25, -0.2) is 0 Å². The van der Waals surface area contributed by atoms with Crippen molar-refractivity contribution in [3.63, 3.8) is 0 Å². The summed E-state index contributed by atoms with van der Waals surface area (Å²) in [5.74, 6) is 0.369. The Morgan fingerprint density at radius 2 is 2.22 bits per heavy atom. The van der Waals surface area contributed by atoms with E-state index in [9.17, 15) is 4.79 Å². The number of likely N-dealkylation sites (tertiary alicyclic amines) is 1. The van der Waals surface area contributed by atoms with E-state index < -0.39 is 0 Å². The van der Waals surface area contributed by atoms with Crippen LogP contribution in [-0.4, -0.2) is 35.6 Å². The highest BCUT2D eigenvalue weighted by molar-refractivity contribution is 6.33. The van der Waals surface area contributed by atoms with Crippen LogP contribution in [0.2, 0.25) is 5.02 Å². The molecule has 7 heteroatoms. The molecule has 2 heterocycles. The number of carbonyl (C=O) groups excluding carboxylic acids is 1. The molecule has 1 aromatic heterocycles. The third-order valence-corrected chi connectivity index (χ3v) is 4.54. The monoisotopic (exact) mass is 355 g/mol. The lowest BCUT2D eigenvalue weighted by molar-refractivity contribution is 0.0766. The van der Waals surface area contributed by atoms with Crippen LogP contribution in [0, 0.1) is 5.41 Å². The van der Waals surface area contributed by atoms with Crippen molar-refractivity contribution in [3.05, 3.63) is 41.0 Å². The summed E-state index contributed by atoms with van der Waals surface area (Å²) in [6, 6.07) is 8.94. The van der Waals surface area contributed by atoms with Gasteiger partial charge in [0.05, 0.1) is 5.02 Å². The van der Waals surface area contributed by atoms with E-state index in [1.54, 1.807) is 17.0 Å². The maximum absolute atomic E-state index is 12.5. The molecule has 1 fully saturated rings. The van der Waals surface area contributed by atoms with Crippen LogP contribution in [0.1, 0.15) is 23.8 Å². The van der Waals surface area contributed by atoms with Gasteiger partial charge in [-0.1, -0.05) is 35.8 Å². The minimum Gasteiger partial charge on any atom is -0.355 e. The first kappa shape index (κ1) is 17.8. The highest BCUT2D eigenvalue weighted by Gasteiger charge is 2.36. The summed E-state index contributed by atoms with van der Waals surface area (Å²) < 4.78 is 5.28. The molecule has 2 aromatic rings. The van der Waals surface area contributed by atoms with Gasteiger partial charge in [-0.3, -0.25) is 4.79 Å². The second-order valence-corrected chi connectivity index (χ2v) is 6.45. The Morgan fingerprint density at radius 3 is 2.87 bits per heavy atom. The van der Waals surface area contributed by atoms with Crippen LogP contribution >= 0.6 is 24.0 Å². The number of hydrogen-bond donors (Lipinski definition) is 1. The van der Waals surface area contributed by atoms with Crippen LogP contribution in [0.5, 0.6) is 0 Å². The summed E-state index contributed by atoms with van der Waals surface area (Å²) in [5.41, 5.74) is 6.80. The van der Waals surface area contributed by atoms with Crippen LogP contribution in [0.15, 0.2) is 34.9 Å². The Bertz CT molecular complexity index is 704. The van der Waals surface area contributed by atoms with Gasteiger partial charge in [0, 0.05) is 24.7 Å². The van der Waals surface area contributed by atoms with E-state index in [-0.39, 0.29) is 23.7 Å². The summed E-state index contributed by atoms with van der Waals surface area (Å²) in [7, 11) is 0. The number of nitrogens with zero attached hydrogens (tertiary/aromatic N) is 2. The molecule has 1 saturated heterocycles. The molecule has 1 aliphatic rings. The standard InChI is InChI=1S/C16H18ClN3O2.ClH/c1-16(9-18)6-7-20(10-16)15(21)13-8-14(22-19-13)11-4-2-3-5-12(11)17;/h2-5,8H,6-7,9-10,18H2,1H3;1H. The predicted molar refractivity (Wildman–Crippen MR) is 91.9 cm³/mol. The topological polar surface area (TPSA) is 72.4 Å². The van der Waals surface area contributed by atoms with E-state index in [0.717, 1.165) is 12.0 Å². The lowest BCUT2D eigenvalue weighted by atomic mass is 9.90. The molecule has 23 heavy (non-hydrogen) atoms. The Balaban J connectivity index is 0.00000192. The molecule has 0 saturated carbocycles. The van der Waals surface area contributed by atoms with Crippen LogP contribution in [-0.2, 0) is 0 Å². The minimum absolute atomic E-state index is 0. The molecule has 1 aliphatic heterocycles. The maximum Gasteiger partial charge on any atom is 0.276 e. The summed E-state index contributed by atoms with van der Waals surface area (Å²) in [6.45, 7) is 4.01. The molecule has 0 radical (unpaired) electrons. The highest BCUT2D eigenvalue weighted by atomic mass is 35.5. The SMILES string of the molecule is CC1(CN)CCN(C(=O)c2cc(-c3ccccc3Cl)on2)C1.Cl. The normalized spacial score (nSPS) is 20.4. The number of carbonyl (C=O) groups is 1. The molecule has 124 valence electrons. The fourth-order valence-electron chi connectivity index (χ4n) is 2.69. The average molecular weight is 356 g/mol. The zero-order valence-corrected chi connectivity index (χ0v) is 14.4. The third-order valence-electron chi connectivity index (χ3n) is 4.21. The van der Waals surface area contributed by atoms with E-state index in [0.29, 0.717) is 36.1 Å². The zero-order chi connectivity index (χ0) is 15.7. The van der Waals surface area contributed by atoms with E-state index in [1.165, 1.54) is 0 Å². The number of hydrogen-bond acceptors (Lipinski definition) is 4. The van der Waals surface area contributed by atoms with Crippen LogP contribution in [0.25, 0.3) is 11.3 Å². The van der Waals surface area contributed by atoms with Crippen molar-refractivity contribution in [2.45, 2.75) is 13.3 Å². The Hall–Kier alpha value is -1.56. The predicted octanol–water partition coefficient (Wildman–Crippen LogP) is 3.23. The summed E-state index contributed by atoms with van der Waals surface area (Å²) in [6.07, 6.45) is 0.907. The number of rotatable bonds is 3. The van der Waals surface area contributed by atoms with Gasteiger partial charge in [-0.2, -0.15) is 0 Å². The molecule has 5 nitrogen and oxygen atoms in total. The molecule has 1 atom stereocenters. The highest BCUT2D eigenvalue weighted by Crippen LogP contribution is 2.31. The van der Waals surface area contributed by atoms with Gasteiger partial charge in [0.1, 0.15) is 0 Å². The summed E-state index contributed by atoms with van der Waals surface area (Å²) in [4.78, 5) is 14.3. The van der Waals surface area contributed by atoms with Crippen LogP contribution in [0.4, 0.5) is 0 Å². The van der Waals surface area contributed by atoms with Crippen molar-refractivity contribution in [3.8, 4) is 11.3 Å². The van der Waals surface area contributed by atoms with Gasteiger partial charge in [0.15, 0.2) is 11.5 Å². The van der Waals surface area contributed by atoms with Crippen molar-refractivity contribution >= 4 is 29.9 Å². The molecule has 1 amide bonds. The van der Waals surface area contributed by atoms with Gasteiger partial charge in [-0.05, 0) is 30.5 Å². The fraction of sp³-hybridized carbons (Fsp3) is 0.375. The maximum atomic E-state index is 12.5. The number of benzene rings is 1. The molecule has 0 bridgehead atoms. The first-order valence-corrected chi connectivity index (χ1v) is 7.61. The van der Waals surface area contributed by atoms with Crippen LogP contribution in [0.3, 0.4) is 0 Å². The van der Waals surface area contributed by atoms with Crippen molar-refractivity contribution in [2.75, 3.05) is 19.6 Å². The minimum atomic E-state index is -0.126. The third kappa shape index (κ3) is 3.52. The quantitative estimate of drug-likeness (QED) is 0.917. The molecular weight excluding hydrogens is 337 g/mol. The lowest BCUT2D eigenvalue weighted by Gasteiger charge is -2.21. The van der Waals surface area contributed by atoms with E-state index >= 15 is 0 Å². The molecular formula is C16H19Cl2N3O2. The second-order valence-electron chi connectivity index (χ2n) is 6.05. The Kier molecular flexibility index (Phi) is 5.34. The Labute approximate surface area is 146 Å². The van der Waals surface area contributed by atoms with E-state index in [1.807, 2.05) is 18.2 Å². The molecule has 2 N–H and O–H groups in total. The van der Waals surface area contributed by atoms with Gasteiger partial charge >= 0.3 is 0 Å². The average Bonchev–Trinajstić information content (AvgIpc) is 3.15. The zero-order valence-electron chi connectivity index (χ0n) is 12.8. The van der Waals surface area contributed by atoms with Crippen molar-refractivity contribution < 1.29 is 9.32 Å². The molecule has 3 rings (SSSR count). The summed E-state index contributed by atoms with van der Waals surface area (Å²) >= 11 is 6.13. The number of aromatic nitrogens is 1. The van der Waals surface area contributed by atoms with Gasteiger partial charge in [-0.15, -0.1) is 12.4 Å². The largest absolute Gasteiger partial charge is 0.355 e. The van der Waals surface area contributed by atoms with E-state index in [2.05, 4.69) is 12.1 Å². The molecule has 0 spiro atoms. The van der Waals surface area contributed by atoms with Crippen LogP contribution < -0.4 is 5.73 Å². The fourth-order valence-corrected chi connectivity index (χ4v) is 2.92. The number of halogens is 2. The van der Waals surface area contributed by atoms with E-state index in [4.69, 9.17) is 21.9 Å². The first-order chi connectivity index (χ1) is 10.5. The van der Waals surface area contributed by atoms with Crippen molar-refractivity contribution in [1.82, 2.24) is 10.1 Å².